The molecule has 0 aliphatic rings. The highest BCUT2D eigenvalue weighted by atomic mass is 16.3. The fraction of sp³-hybridized carbons (Fsp3) is 0.0556. The van der Waals surface area contributed by atoms with E-state index in [9.17, 15) is 9.90 Å². The quantitative estimate of drug-likeness (QED) is 0.490. The third kappa shape index (κ3) is 1.97. The summed E-state index contributed by atoms with van der Waals surface area (Å²) in [6, 6.07) is 14.7. The second-order valence-electron chi connectivity index (χ2n) is 5.56. The number of ketones is 1. The molecule has 0 bridgehead atoms. The minimum absolute atomic E-state index is 0.0930. The van der Waals surface area contributed by atoms with Crippen LogP contribution in [0.1, 0.15) is 21.7 Å². The Kier molecular flexibility index (Phi) is 2.60. The maximum absolute atomic E-state index is 12.6. The number of aromatic nitrogens is 2. The van der Waals surface area contributed by atoms with Crippen LogP contribution < -0.4 is 0 Å². The Morgan fingerprint density at radius 2 is 1.45 bits per heavy atom. The molecular weight excluding hydrogens is 276 g/mol. The number of phenolic OH excluding ortho intramolecular Hbond substituents is 1. The van der Waals surface area contributed by atoms with Crippen molar-refractivity contribution in [3.63, 3.8) is 0 Å². The number of benzene rings is 2. The number of aromatic amines is 2. The van der Waals surface area contributed by atoms with Gasteiger partial charge in [0.05, 0.1) is 11.4 Å². The summed E-state index contributed by atoms with van der Waals surface area (Å²) in [7, 11) is 0. The van der Waals surface area contributed by atoms with E-state index in [1.807, 2.05) is 31.2 Å². The molecule has 0 fully saturated rings. The molecular formula is C18H14N2O2. The zero-order valence-electron chi connectivity index (χ0n) is 12.0. The van der Waals surface area contributed by atoms with Gasteiger partial charge in [0.15, 0.2) is 0 Å². The van der Waals surface area contributed by atoms with Gasteiger partial charge in [-0.25, -0.2) is 0 Å². The monoisotopic (exact) mass is 290 g/mol. The van der Waals surface area contributed by atoms with Crippen LogP contribution in [0.3, 0.4) is 0 Å². The summed E-state index contributed by atoms with van der Waals surface area (Å²) in [6.45, 7) is 2.03. The van der Waals surface area contributed by atoms with Crippen molar-refractivity contribution in [3.8, 4) is 5.75 Å². The van der Waals surface area contributed by atoms with Crippen LogP contribution in [0.4, 0.5) is 0 Å². The highest BCUT2D eigenvalue weighted by Gasteiger charge is 2.15. The highest BCUT2D eigenvalue weighted by molar-refractivity contribution is 6.11. The lowest BCUT2D eigenvalue weighted by atomic mass is 10.1. The van der Waals surface area contributed by atoms with Gasteiger partial charge in [0, 0.05) is 21.8 Å². The molecule has 4 heteroatoms. The SMILES string of the molecule is Cc1ccc2[nH]c(C(=O)c3cc4cc(O)ccc4[nH]3)cc2c1. The molecule has 22 heavy (non-hydrogen) atoms. The molecule has 0 amide bonds. The van der Waals surface area contributed by atoms with Crippen molar-refractivity contribution in [1.29, 1.82) is 0 Å². The Morgan fingerprint density at radius 1 is 0.864 bits per heavy atom. The second-order valence-corrected chi connectivity index (χ2v) is 5.56. The minimum Gasteiger partial charge on any atom is -0.508 e. The van der Waals surface area contributed by atoms with E-state index in [1.165, 1.54) is 0 Å². The molecule has 0 unspecified atom stereocenters. The topological polar surface area (TPSA) is 68.9 Å². The van der Waals surface area contributed by atoms with Gasteiger partial charge in [0.25, 0.3) is 0 Å². The number of nitrogens with one attached hydrogen (secondary N) is 2. The number of fused-ring (bicyclic) bond motifs is 2. The van der Waals surface area contributed by atoms with Crippen molar-refractivity contribution < 1.29 is 9.90 Å². The minimum atomic E-state index is -0.0930. The number of hydrogen-bond acceptors (Lipinski definition) is 2. The lowest BCUT2D eigenvalue weighted by molar-refractivity contribution is 0.103. The Labute approximate surface area is 126 Å². The molecule has 0 atom stereocenters. The fourth-order valence-electron chi connectivity index (χ4n) is 2.76. The lowest BCUT2D eigenvalue weighted by Crippen LogP contribution is -2.01. The zero-order chi connectivity index (χ0) is 15.3. The van der Waals surface area contributed by atoms with Gasteiger partial charge >= 0.3 is 0 Å². The van der Waals surface area contributed by atoms with E-state index in [4.69, 9.17) is 0 Å². The molecule has 0 aliphatic heterocycles. The molecule has 0 radical (unpaired) electrons. The molecule has 4 rings (SSSR count). The predicted octanol–water partition coefficient (Wildman–Crippen LogP) is 3.89. The molecule has 108 valence electrons. The van der Waals surface area contributed by atoms with Gasteiger partial charge in [-0.2, -0.15) is 0 Å². The molecule has 0 spiro atoms. The first-order chi connectivity index (χ1) is 10.6. The Bertz CT molecular complexity index is 942. The summed E-state index contributed by atoms with van der Waals surface area (Å²) in [5.74, 6) is 0.0936. The summed E-state index contributed by atoms with van der Waals surface area (Å²) in [5.41, 5.74) is 3.99. The lowest BCUT2D eigenvalue weighted by Gasteiger charge is -1.93. The zero-order valence-corrected chi connectivity index (χ0v) is 12.0. The van der Waals surface area contributed by atoms with E-state index in [1.54, 1.807) is 24.3 Å². The Balaban J connectivity index is 1.80. The van der Waals surface area contributed by atoms with Gasteiger partial charge in [0.1, 0.15) is 5.75 Å². The van der Waals surface area contributed by atoms with Gasteiger partial charge in [-0.1, -0.05) is 11.6 Å². The number of aryl methyl sites for hydroxylation is 1. The van der Waals surface area contributed by atoms with E-state index in [0.29, 0.717) is 11.4 Å². The van der Waals surface area contributed by atoms with Crippen LogP contribution in [0.2, 0.25) is 0 Å². The summed E-state index contributed by atoms with van der Waals surface area (Å²) in [6.07, 6.45) is 0. The van der Waals surface area contributed by atoms with Crippen LogP contribution in [0, 0.1) is 6.92 Å². The molecule has 4 aromatic rings. The van der Waals surface area contributed by atoms with Crippen LogP contribution in [-0.2, 0) is 0 Å². The molecule has 4 nitrogen and oxygen atoms in total. The molecule has 0 aliphatic carbocycles. The van der Waals surface area contributed by atoms with Crippen LogP contribution in [0.5, 0.6) is 5.75 Å². The van der Waals surface area contributed by atoms with E-state index < -0.39 is 0 Å². The second kappa shape index (κ2) is 4.49. The van der Waals surface area contributed by atoms with E-state index in [2.05, 4.69) is 9.97 Å². The van der Waals surface area contributed by atoms with Crippen molar-refractivity contribution in [1.82, 2.24) is 9.97 Å². The first-order valence-electron chi connectivity index (χ1n) is 7.06. The largest absolute Gasteiger partial charge is 0.508 e. The first kappa shape index (κ1) is 12.7. The van der Waals surface area contributed by atoms with Crippen molar-refractivity contribution >= 4 is 27.6 Å². The Morgan fingerprint density at radius 3 is 2.14 bits per heavy atom. The molecule has 2 heterocycles. The third-order valence-corrected chi connectivity index (χ3v) is 3.87. The number of H-pyrrole nitrogens is 2. The van der Waals surface area contributed by atoms with Gasteiger partial charge in [-0.05, 0) is 49.4 Å². The average Bonchev–Trinajstić information content (AvgIpc) is 3.08. The summed E-state index contributed by atoms with van der Waals surface area (Å²) < 4.78 is 0. The summed E-state index contributed by atoms with van der Waals surface area (Å²) in [5, 5.41) is 11.4. The smallest absolute Gasteiger partial charge is 0.225 e. The van der Waals surface area contributed by atoms with Crippen molar-refractivity contribution in [2.24, 2.45) is 0 Å². The highest BCUT2D eigenvalue weighted by Crippen LogP contribution is 2.23. The van der Waals surface area contributed by atoms with E-state index in [0.717, 1.165) is 27.4 Å². The molecule has 0 saturated carbocycles. The van der Waals surface area contributed by atoms with Crippen LogP contribution in [-0.4, -0.2) is 20.9 Å². The van der Waals surface area contributed by atoms with Crippen molar-refractivity contribution in [3.05, 3.63) is 65.5 Å². The number of carbonyl (C=O) groups is 1. The molecule has 0 saturated heterocycles. The number of carbonyl (C=O) groups excluding carboxylic acids is 1. The fourth-order valence-corrected chi connectivity index (χ4v) is 2.76. The predicted molar refractivity (Wildman–Crippen MR) is 86.4 cm³/mol. The maximum atomic E-state index is 12.6. The first-order valence-corrected chi connectivity index (χ1v) is 7.06. The van der Waals surface area contributed by atoms with Crippen LogP contribution >= 0.6 is 0 Å². The average molecular weight is 290 g/mol. The van der Waals surface area contributed by atoms with Crippen LogP contribution in [0.15, 0.2) is 48.5 Å². The van der Waals surface area contributed by atoms with Gasteiger partial charge in [-0.3, -0.25) is 4.79 Å². The standard InChI is InChI=1S/C18H14N2O2/c1-10-2-4-14-11(6-10)8-16(19-14)18(22)17-9-12-7-13(21)3-5-15(12)20-17/h2-9,19-21H,1H3. The Hall–Kier alpha value is -3.01. The number of phenols is 1. The van der Waals surface area contributed by atoms with E-state index in [-0.39, 0.29) is 11.5 Å². The van der Waals surface area contributed by atoms with Crippen molar-refractivity contribution in [2.45, 2.75) is 6.92 Å². The van der Waals surface area contributed by atoms with Crippen molar-refractivity contribution in [2.75, 3.05) is 0 Å². The van der Waals surface area contributed by atoms with Crippen LogP contribution in [0.25, 0.3) is 21.8 Å². The molecule has 2 aromatic heterocycles. The normalized spacial score (nSPS) is 11.3. The molecule has 3 N–H and O–H groups in total. The van der Waals surface area contributed by atoms with Gasteiger partial charge in [0.2, 0.25) is 5.78 Å². The third-order valence-electron chi connectivity index (χ3n) is 3.87. The van der Waals surface area contributed by atoms with Gasteiger partial charge < -0.3 is 15.1 Å². The molecule has 2 aromatic carbocycles. The number of hydrogen-bond donors (Lipinski definition) is 3. The van der Waals surface area contributed by atoms with Gasteiger partial charge in [-0.15, -0.1) is 0 Å². The number of rotatable bonds is 2. The summed E-state index contributed by atoms with van der Waals surface area (Å²) in [4.78, 5) is 18.9. The van der Waals surface area contributed by atoms with E-state index >= 15 is 0 Å². The summed E-state index contributed by atoms with van der Waals surface area (Å²) >= 11 is 0. The number of aromatic hydroxyl groups is 1. The maximum Gasteiger partial charge on any atom is 0.225 e.